The van der Waals surface area contributed by atoms with Gasteiger partial charge in [0.1, 0.15) is 0 Å². The van der Waals surface area contributed by atoms with Crippen LogP contribution in [0.4, 0.5) is 0 Å². The van der Waals surface area contributed by atoms with Crippen molar-refractivity contribution in [2.24, 2.45) is 13.0 Å². The van der Waals surface area contributed by atoms with Crippen molar-refractivity contribution in [1.82, 2.24) is 15.0 Å². The maximum atomic E-state index is 11.3. The molecule has 0 aromatic carbocycles. The maximum Gasteiger partial charge on any atom is 0.150 e. The minimum Gasteiger partial charge on any atom is -0.392 e. The Morgan fingerprint density at radius 3 is 2.94 bits per heavy atom. The second-order valence-electron chi connectivity index (χ2n) is 4.32. The molecule has 2 rings (SSSR count). The number of rotatable bonds is 3. The highest BCUT2D eigenvalue weighted by Crippen LogP contribution is 2.23. The first-order valence-corrected chi connectivity index (χ1v) is 7.02. The summed E-state index contributed by atoms with van der Waals surface area (Å²) in [6, 6.07) is 0. The number of aromatic nitrogens is 3. The van der Waals surface area contributed by atoms with Crippen LogP contribution in [0.25, 0.3) is 0 Å². The SMILES string of the molecule is Cn1cc(CC(O)C2CCS(=O)(=O)C2)nn1. The highest BCUT2D eigenvalue weighted by molar-refractivity contribution is 7.91. The number of sulfone groups is 1. The first-order chi connectivity index (χ1) is 7.46. The van der Waals surface area contributed by atoms with Crippen LogP contribution in [0.1, 0.15) is 12.1 Å². The standard InChI is InChI=1S/C9H15N3O3S/c1-12-5-8(10-11-12)4-9(13)7-2-3-16(14,15)6-7/h5,7,9,13H,2-4,6H2,1H3. The average molecular weight is 245 g/mol. The van der Waals surface area contributed by atoms with E-state index in [0.717, 1.165) is 0 Å². The van der Waals surface area contributed by atoms with E-state index >= 15 is 0 Å². The zero-order valence-corrected chi connectivity index (χ0v) is 9.89. The molecular formula is C9H15N3O3S. The molecule has 0 bridgehead atoms. The lowest BCUT2D eigenvalue weighted by molar-refractivity contribution is 0.119. The summed E-state index contributed by atoms with van der Waals surface area (Å²) in [5, 5.41) is 17.5. The van der Waals surface area contributed by atoms with Gasteiger partial charge >= 0.3 is 0 Å². The lowest BCUT2D eigenvalue weighted by atomic mass is 9.98. The van der Waals surface area contributed by atoms with Crippen LogP contribution < -0.4 is 0 Å². The molecule has 2 atom stereocenters. The first kappa shape index (κ1) is 11.5. The zero-order chi connectivity index (χ0) is 11.8. The van der Waals surface area contributed by atoms with E-state index in [0.29, 0.717) is 18.5 Å². The van der Waals surface area contributed by atoms with Crippen LogP contribution in [0, 0.1) is 5.92 Å². The normalized spacial score (nSPS) is 25.8. The molecule has 0 spiro atoms. The van der Waals surface area contributed by atoms with Crippen molar-refractivity contribution in [2.45, 2.75) is 18.9 Å². The van der Waals surface area contributed by atoms with Crippen LogP contribution in [-0.2, 0) is 23.3 Å². The number of nitrogens with zero attached hydrogens (tertiary/aromatic N) is 3. The van der Waals surface area contributed by atoms with Gasteiger partial charge in [0.25, 0.3) is 0 Å². The van der Waals surface area contributed by atoms with Crippen molar-refractivity contribution in [1.29, 1.82) is 0 Å². The van der Waals surface area contributed by atoms with E-state index in [-0.39, 0.29) is 17.4 Å². The molecule has 0 radical (unpaired) electrons. The summed E-state index contributed by atoms with van der Waals surface area (Å²) < 4.78 is 24.1. The van der Waals surface area contributed by atoms with Crippen LogP contribution in [0.3, 0.4) is 0 Å². The predicted molar refractivity (Wildman–Crippen MR) is 57.5 cm³/mol. The number of aryl methyl sites for hydroxylation is 1. The van der Waals surface area contributed by atoms with Crippen molar-refractivity contribution >= 4 is 9.84 Å². The van der Waals surface area contributed by atoms with E-state index in [4.69, 9.17) is 0 Å². The summed E-state index contributed by atoms with van der Waals surface area (Å²) in [6.07, 6.45) is 2.00. The quantitative estimate of drug-likeness (QED) is 0.750. The fraction of sp³-hybridized carbons (Fsp3) is 0.778. The van der Waals surface area contributed by atoms with Gasteiger partial charge in [0.05, 0.1) is 23.3 Å². The van der Waals surface area contributed by atoms with Gasteiger partial charge in [-0.3, -0.25) is 4.68 Å². The highest BCUT2D eigenvalue weighted by Gasteiger charge is 2.33. The third-order valence-electron chi connectivity index (χ3n) is 2.88. The second-order valence-corrected chi connectivity index (χ2v) is 6.55. The minimum absolute atomic E-state index is 0.0917. The molecule has 16 heavy (non-hydrogen) atoms. The van der Waals surface area contributed by atoms with E-state index < -0.39 is 15.9 Å². The summed E-state index contributed by atoms with van der Waals surface area (Å²) in [5.74, 6) is 0.121. The van der Waals surface area contributed by atoms with E-state index in [9.17, 15) is 13.5 Å². The Bertz CT molecular complexity index is 468. The Hall–Kier alpha value is -0.950. The van der Waals surface area contributed by atoms with Crippen molar-refractivity contribution in [2.75, 3.05) is 11.5 Å². The van der Waals surface area contributed by atoms with Crippen molar-refractivity contribution in [3.8, 4) is 0 Å². The second kappa shape index (κ2) is 4.14. The molecule has 1 N–H and O–H groups in total. The molecule has 1 aliphatic rings. The van der Waals surface area contributed by atoms with Crippen molar-refractivity contribution in [3.63, 3.8) is 0 Å². The molecule has 0 saturated carbocycles. The molecule has 1 aromatic heterocycles. The van der Waals surface area contributed by atoms with Gasteiger partial charge in [0.2, 0.25) is 0 Å². The topological polar surface area (TPSA) is 85.1 Å². The van der Waals surface area contributed by atoms with Crippen LogP contribution in [0.2, 0.25) is 0 Å². The molecular weight excluding hydrogens is 230 g/mol. The molecule has 6 nitrogen and oxygen atoms in total. The monoisotopic (exact) mass is 245 g/mol. The third-order valence-corrected chi connectivity index (χ3v) is 4.67. The lowest BCUT2D eigenvalue weighted by Gasteiger charge is -2.14. The molecule has 90 valence electrons. The summed E-state index contributed by atoms with van der Waals surface area (Å²) >= 11 is 0. The number of hydrogen-bond acceptors (Lipinski definition) is 5. The molecule has 1 fully saturated rings. The molecule has 7 heteroatoms. The summed E-state index contributed by atoms with van der Waals surface area (Å²) in [7, 11) is -1.18. The Kier molecular flexibility index (Phi) is 2.98. The molecule has 1 saturated heterocycles. The smallest absolute Gasteiger partial charge is 0.150 e. The maximum absolute atomic E-state index is 11.3. The van der Waals surface area contributed by atoms with Gasteiger partial charge in [-0.2, -0.15) is 0 Å². The van der Waals surface area contributed by atoms with E-state index in [1.165, 1.54) is 0 Å². The van der Waals surface area contributed by atoms with Crippen molar-refractivity contribution < 1.29 is 13.5 Å². The van der Waals surface area contributed by atoms with E-state index in [1.807, 2.05) is 0 Å². The van der Waals surface area contributed by atoms with Crippen LogP contribution in [0.15, 0.2) is 6.20 Å². The van der Waals surface area contributed by atoms with Gasteiger partial charge < -0.3 is 5.11 Å². The van der Waals surface area contributed by atoms with Gasteiger partial charge in [-0.15, -0.1) is 5.10 Å². The van der Waals surface area contributed by atoms with Crippen LogP contribution in [-0.4, -0.2) is 46.1 Å². The predicted octanol–water partition coefficient (Wildman–Crippen LogP) is -0.847. The molecule has 2 heterocycles. The third kappa shape index (κ3) is 2.59. The van der Waals surface area contributed by atoms with Gasteiger partial charge in [0, 0.05) is 25.6 Å². The lowest BCUT2D eigenvalue weighted by Crippen LogP contribution is -2.24. The molecule has 1 aromatic rings. The molecule has 2 unspecified atom stereocenters. The summed E-state index contributed by atoms with van der Waals surface area (Å²) in [4.78, 5) is 0. The number of aliphatic hydroxyl groups excluding tert-OH is 1. The average Bonchev–Trinajstić information content (AvgIpc) is 2.72. The molecule has 1 aliphatic heterocycles. The summed E-state index contributed by atoms with van der Waals surface area (Å²) in [5.41, 5.74) is 0.694. The Morgan fingerprint density at radius 2 is 2.44 bits per heavy atom. The van der Waals surface area contributed by atoms with Gasteiger partial charge in [-0.1, -0.05) is 5.21 Å². The number of aliphatic hydroxyl groups is 1. The van der Waals surface area contributed by atoms with Gasteiger partial charge in [-0.25, -0.2) is 8.42 Å². The fourth-order valence-electron chi connectivity index (χ4n) is 2.00. The number of hydrogen-bond donors (Lipinski definition) is 1. The van der Waals surface area contributed by atoms with Gasteiger partial charge in [-0.05, 0) is 6.42 Å². The Morgan fingerprint density at radius 1 is 1.69 bits per heavy atom. The van der Waals surface area contributed by atoms with Crippen LogP contribution in [0.5, 0.6) is 0 Å². The Labute approximate surface area is 94.2 Å². The summed E-state index contributed by atoms with van der Waals surface area (Å²) in [6.45, 7) is 0. The van der Waals surface area contributed by atoms with E-state index in [2.05, 4.69) is 10.3 Å². The van der Waals surface area contributed by atoms with Crippen LogP contribution >= 0.6 is 0 Å². The highest BCUT2D eigenvalue weighted by atomic mass is 32.2. The van der Waals surface area contributed by atoms with Crippen molar-refractivity contribution in [3.05, 3.63) is 11.9 Å². The largest absolute Gasteiger partial charge is 0.392 e. The van der Waals surface area contributed by atoms with Gasteiger partial charge in [0.15, 0.2) is 9.84 Å². The van der Waals surface area contributed by atoms with E-state index in [1.54, 1.807) is 17.9 Å². The minimum atomic E-state index is -2.93. The zero-order valence-electron chi connectivity index (χ0n) is 9.07. The molecule has 0 aliphatic carbocycles. The first-order valence-electron chi connectivity index (χ1n) is 5.20. The Balaban J connectivity index is 1.96. The fourth-order valence-corrected chi connectivity index (χ4v) is 3.87. The molecule has 0 amide bonds.